The molecule has 7 nitrogen and oxygen atoms in total. The molecule has 1 saturated carbocycles. The summed E-state index contributed by atoms with van der Waals surface area (Å²) in [7, 11) is 0. The van der Waals surface area contributed by atoms with Crippen LogP contribution in [0.15, 0.2) is 52.2 Å². The topological polar surface area (TPSA) is 86.7 Å². The number of hydrogen-bond donors (Lipinski definition) is 0. The van der Waals surface area contributed by atoms with E-state index in [1.54, 1.807) is 6.20 Å². The van der Waals surface area contributed by atoms with Crippen molar-refractivity contribution in [3.63, 3.8) is 0 Å². The maximum atomic E-state index is 12.8. The van der Waals surface area contributed by atoms with E-state index in [0.717, 1.165) is 17.8 Å². The molecule has 0 saturated heterocycles. The summed E-state index contributed by atoms with van der Waals surface area (Å²) in [6, 6.07) is 10.4. The van der Waals surface area contributed by atoms with Crippen LogP contribution in [0, 0.1) is 12.8 Å². The average molecular weight is 371 g/mol. The average Bonchev–Trinajstić information content (AvgIpc) is 3.04. The summed E-state index contributed by atoms with van der Waals surface area (Å²) >= 11 is 0. The first-order valence-electron chi connectivity index (χ1n) is 9.42. The second-order valence-corrected chi connectivity index (χ2v) is 7.67. The third-order valence-corrected chi connectivity index (χ3v) is 6.06. The van der Waals surface area contributed by atoms with Crippen LogP contribution in [0.5, 0.6) is 0 Å². The van der Waals surface area contributed by atoms with Gasteiger partial charge in [-0.05, 0) is 47.9 Å². The highest BCUT2D eigenvalue weighted by Crippen LogP contribution is 2.65. The number of aromatic nitrogens is 5. The maximum absolute atomic E-state index is 12.8. The zero-order valence-electron chi connectivity index (χ0n) is 15.2. The van der Waals surface area contributed by atoms with Crippen LogP contribution in [0.4, 0.5) is 0 Å². The fourth-order valence-corrected chi connectivity index (χ4v) is 4.66. The monoisotopic (exact) mass is 371 g/mol. The summed E-state index contributed by atoms with van der Waals surface area (Å²) in [5.41, 5.74) is 4.02. The summed E-state index contributed by atoms with van der Waals surface area (Å²) in [6.45, 7) is 2.09. The smallest absolute Gasteiger partial charge is 0.263 e. The van der Waals surface area contributed by atoms with Gasteiger partial charge in [-0.2, -0.15) is 4.98 Å². The zero-order valence-corrected chi connectivity index (χ0v) is 15.2. The Balaban J connectivity index is 1.28. The molecular weight excluding hydrogens is 354 g/mol. The summed E-state index contributed by atoms with van der Waals surface area (Å²) in [4.78, 5) is 25.8. The molecule has 138 valence electrons. The molecule has 0 N–H and O–H groups in total. The van der Waals surface area contributed by atoms with Gasteiger partial charge in [-0.25, -0.2) is 9.97 Å². The summed E-state index contributed by atoms with van der Waals surface area (Å²) < 4.78 is 6.95. The van der Waals surface area contributed by atoms with E-state index in [9.17, 15) is 4.79 Å². The van der Waals surface area contributed by atoms with E-state index in [2.05, 4.69) is 44.4 Å². The van der Waals surface area contributed by atoms with Crippen LogP contribution in [-0.4, -0.2) is 24.7 Å². The molecule has 1 fully saturated rings. The zero-order chi connectivity index (χ0) is 18.8. The van der Waals surface area contributed by atoms with Crippen molar-refractivity contribution in [3.8, 4) is 0 Å². The first-order chi connectivity index (χ1) is 13.7. The third kappa shape index (κ3) is 2.19. The molecule has 3 aromatic heterocycles. The SMILES string of the molecule is Cc1ccnc2ncn(Cc3nc([C@@H]4[C@H]5Cc6ccccc6[C@H]54)no3)c(=O)c12. The molecule has 2 aliphatic carbocycles. The number of rotatable bonds is 3. The maximum Gasteiger partial charge on any atom is 0.263 e. The molecule has 0 bridgehead atoms. The molecule has 0 radical (unpaired) electrons. The van der Waals surface area contributed by atoms with Gasteiger partial charge in [0.2, 0.25) is 5.89 Å². The largest absolute Gasteiger partial charge is 0.337 e. The minimum Gasteiger partial charge on any atom is -0.337 e. The van der Waals surface area contributed by atoms with Crippen molar-refractivity contribution in [1.82, 2.24) is 24.7 Å². The van der Waals surface area contributed by atoms with Crippen molar-refractivity contribution in [2.24, 2.45) is 5.92 Å². The van der Waals surface area contributed by atoms with Crippen LogP contribution in [-0.2, 0) is 13.0 Å². The molecule has 0 aliphatic heterocycles. The van der Waals surface area contributed by atoms with E-state index in [0.29, 0.717) is 34.7 Å². The molecule has 0 spiro atoms. The first kappa shape index (κ1) is 15.7. The molecule has 0 unspecified atom stereocenters. The molecular formula is C21H17N5O2. The number of hydrogen-bond acceptors (Lipinski definition) is 6. The van der Waals surface area contributed by atoms with Gasteiger partial charge in [0.25, 0.3) is 5.56 Å². The number of aryl methyl sites for hydroxylation is 1. The molecule has 6 rings (SSSR count). The Labute approximate surface area is 160 Å². The van der Waals surface area contributed by atoms with Crippen molar-refractivity contribution < 1.29 is 4.52 Å². The van der Waals surface area contributed by atoms with Crippen molar-refractivity contribution in [2.45, 2.75) is 31.7 Å². The van der Waals surface area contributed by atoms with E-state index in [1.807, 2.05) is 13.0 Å². The van der Waals surface area contributed by atoms with E-state index >= 15 is 0 Å². The minimum atomic E-state index is -0.146. The Morgan fingerprint density at radius 1 is 1.18 bits per heavy atom. The lowest BCUT2D eigenvalue weighted by atomic mass is 10.0. The number of pyridine rings is 1. The predicted octanol–water partition coefficient (Wildman–Crippen LogP) is 2.58. The highest BCUT2D eigenvalue weighted by molar-refractivity contribution is 5.76. The van der Waals surface area contributed by atoms with Crippen molar-refractivity contribution in [1.29, 1.82) is 0 Å². The van der Waals surface area contributed by atoms with Gasteiger partial charge >= 0.3 is 0 Å². The lowest BCUT2D eigenvalue weighted by molar-refractivity contribution is 0.364. The van der Waals surface area contributed by atoms with Gasteiger partial charge in [-0.15, -0.1) is 0 Å². The number of benzene rings is 1. The summed E-state index contributed by atoms with van der Waals surface area (Å²) in [5, 5.41) is 4.73. The Kier molecular flexibility index (Phi) is 3.12. The van der Waals surface area contributed by atoms with E-state index in [1.165, 1.54) is 22.0 Å². The number of fused-ring (bicyclic) bond motifs is 4. The van der Waals surface area contributed by atoms with Crippen LogP contribution < -0.4 is 5.56 Å². The van der Waals surface area contributed by atoms with Gasteiger partial charge in [0.05, 0.1) is 5.39 Å². The lowest BCUT2D eigenvalue weighted by Gasteiger charge is -2.05. The number of nitrogens with zero attached hydrogens (tertiary/aromatic N) is 5. The summed E-state index contributed by atoms with van der Waals surface area (Å²) in [5.74, 6) is 2.57. The normalized spacial score (nSPS) is 22.2. The molecule has 0 amide bonds. The lowest BCUT2D eigenvalue weighted by Crippen LogP contribution is -2.22. The van der Waals surface area contributed by atoms with Crippen LogP contribution >= 0.6 is 0 Å². The minimum absolute atomic E-state index is 0.146. The molecule has 28 heavy (non-hydrogen) atoms. The van der Waals surface area contributed by atoms with Gasteiger partial charge < -0.3 is 4.52 Å². The van der Waals surface area contributed by atoms with Crippen molar-refractivity contribution in [2.75, 3.05) is 0 Å². The third-order valence-electron chi connectivity index (χ3n) is 6.06. The molecule has 7 heteroatoms. The molecule has 3 atom stereocenters. The van der Waals surface area contributed by atoms with Gasteiger partial charge in [0.1, 0.15) is 12.9 Å². The van der Waals surface area contributed by atoms with E-state index in [-0.39, 0.29) is 12.1 Å². The second-order valence-electron chi connectivity index (χ2n) is 7.67. The summed E-state index contributed by atoms with van der Waals surface area (Å²) in [6.07, 6.45) is 4.22. The van der Waals surface area contributed by atoms with Gasteiger partial charge in [0, 0.05) is 12.1 Å². The first-order valence-corrected chi connectivity index (χ1v) is 9.42. The van der Waals surface area contributed by atoms with E-state index < -0.39 is 0 Å². The molecule has 1 aromatic carbocycles. The van der Waals surface area contributed by atoms with Gasteiger partial charge in [-0.1, -0.05) is 29.4 Å². The van der Waals surface area contributed by atoms with E-state index in [4.69, 9.17) is 4.52 Å². The molecule has 4 aromatic rings. The predicted molar refractivity (Wildman–Crippen MR) is 101 cm³/mol. The second kappa shape index (κ2) is 5.58. The van der Waals surface area contributed by atoms with Crippen molar-refractivity contribution in [3.05, 3.63) is 81.6 Å². The van der Waals surface area contributed by atoms with Gasteiger partial charge in [-0.3, -0.25) is 9.36 Å². The molecule has 3 heterocycles. The highest BCUT2D eigenvalue weighted by Gasteiger charge is 2.58. The fourth-order valence-electron chi connectivity index (χ4n) is 4.66. The Morgan fingerprint density at radius 3 is 3.00 bits per heavy atom. The van der Waals surface area contributed by atoms with Crippen LogP contribution in [0.2, 0.25) is 0 Å². The highest BCUT2D eigenvalue weighted by atomic mass is 16.5. The Hall–Kier alpha value is -3.35. The Bertz CT molecular complexity index is 1290. The van der Waals surface area contributed by atoms with Crippen LogP contribution in [0.3, 0.4) is 0 Å². The fraction of sp³-hybridized carbons (Fsp3) is 0.286. The Morgan fingerprint density at radius 2 is 2.07 bits per heavy atom. The van der Waals surface area contributed by atoms with Crippen LogP contribution in [0.1, 0.15) is 40.2 Å². The quantitative estimate of drug-likeness (QED) is 0.550. The standard InChI is InChI=1S/C21H17N5O2/c1-11-6-7-22-19-16(11)21(27)26(10-23-19)9-15-24-20(25-28-15)18-14-8-12-4-2-3-5-13(12)17(14)18/h2-7,10,14,17-18H,8-9H2,1H3/t14-,17+,18+/m0/s1. The van der Waals surface area contributed by atoms with Crippen molar-refractivity contribution >= 4 is 11.0 Å². The van der Waals surface area contributed by atoms with Gasteiger partial charge in [0.15, 0.2) is 11.5 Å². The molecule has 2 aliphatic rings. The van der Waals surface area contributed by atoms with Crippen LogP contribution in [0.25, 0.3) is 11.0 Å².